The fourth-order valence-electron chi connectivity index (χ4n) is 4.86. The van der Waals surface area contributed by atoms with Gasteiger partial charge in [-0.1, -0.05) is 36.4 Å². The van der Waals surface area contributed by atoms with Crippen LogP contribution in [0, 0.1) is 0 Å². The standard InChI is InChI=1S/C11H12N2O3.C11H12N2O2.C10H12N2O/c14-11(15)10(13-16)5-7-6-12-9-4-2-1-3-8(7)9;12-9(11(14)15)5-7-6-13-10-4-2-1-3-8(7)10;11-4-3-7-6-12-10-2-1-8(13)5-9(7)10/h1-4,6,10,12-13,16H,5H2,(H,14,15);1-4,6,9,13H,5,12H2,(H,14,15);1-2,5-6,12-13H,3-4,11H2/t;9-;/m.0./s1. The van der Waals surface area contributed by atoms with Gasteiger partial charge < -0.3 is 46.9 Å². The number of aromatic nitrogens is 3. The third kappa shape index (κ3) is 7.82. The minimum atomic E-state index is -1.08. The molecule has 0 aliphatic rings. The fourth-order valence-corrected chi connectivity index (χ4v) is 4.86. The lowest BCUT2D eigenvalue weighted by Crippen LogP contribution is -2.36. The molecule has 12 N–H and O–H groups in total. The smallest absolute Gasteiger partial charge is 0.323 e. The molecule has 3 aromatic heterocycles. The normalized spacial score (nSPS) is 12.2. The van der Waals surface area contributed by atoms with E-state index in [1.807, 2.05) is 67.0 Å². The van der Waals surface area contributed by atoms with Crippen LogP contribution in [0.1, 0.15) is 16.7 Å². The maximum Gasteiger partial charge on any atom is 0.323 e. The molecule has 0 spiro atoms. The lowest BCUT2D eigenvalue weighted by molar-refractivity contribution is -0.142. The Balaban J connectivity index is 0.000000151. The Labute approximate surface area is 252 Å². The highest BCUT2D eigenvalue weighted by Crippen LogP contribution is 2.23. The van der Waals surface area contributed by atoms with Gasteiger partial charge in [0.2, 0.25) is 0 Å². The summed E-state index contributed by atoms with van der Waals surface area (Å²) in [6.45, 7) is 0.628. The van der Waals surface area contributed by atoms with Gasteiger partial charge in [0.25, 0.3) is 0 Å². The minimum absolute atomic E-state index is 0.232. The maximum atomic E-state index is 10.8. The molecule has 0 amide bonds. The molecule has 12 heteroatoms. The number of benzene rings is 3. The zero-order valence-corrected chi connectivity index (χ0v) is 23.8. The van der Waals surface area contributed by atoms with Gasteiger partial charge in [-0.15, -0.1) is 0 Å². The van der Waals surface area contributed by atoms with Gasteiger partial charge in [-0.2, -0.15) is 5.48 Å². The van der Waals surface area contributed by atoms with Crippen molar-refractivity contribution in [2.24, 2.45) is 11.5 Å². The van der Waals surface area contributed by atoms with E-state index in [9.17, 15) is 14.7 Å². The number of para-hydroxylation sites is 2. The zero-order chi connectivity index (χ0) is 31.6. The number of fused-ring (bicyclic) bond motifs is 3. The van der Waals surface area contributed by atoms with Crippen molar-refractivity contribution in [2.45, 2.75) is 31.3 Å². The minimum Gasteiger partial charge on any atom is -0.508 e. The Morgan fingerprint density at radius 1 is 0.727 bits per heavy atom. The van der Waals surface area contributed by atoms with E-state index in [0.717, 1.165) is 55.8 Å². The Morgan fingerprint density at radius 3 is 1.77 bits per heavy atom. The number of aromatic amines is 3. The molecule has 6 rings (SSSR count). The summed E-state index contributed by atoms with van der Waals surface area (Å²) < 4.78 is 0. The second kappa shape index (κ2) is 14.8. The van der Waals surface area contributed by atoms with Crippen molar-refractivity contribution in [1.29, 1.82) is 0 Å². The topological polar surface area (TPSA) is 226 Å². The molecule has 0 aliphatic carbocycles. The first-order valence-corrected chi connectivity index (χ1v) is 13.9. The number of hydrogen-bond donors (Lipinski definition) is 10. The SMILES string of the molecule is NCCc1c[nH]c2ccc(O)cc12.N[C@@H](Cc1c[nH]c2ccccc12)C(=O)O.O=C(O)C(Cc1c[nH]c2ccccc12)NO. The van der Waals surface area contributed by atoms with E-state index in [-0.39, 0.29) is 6.42 Å². The molecule has 3 heterocycles. The van der Waals surface area contributed by atoms with Crippen molar-refractivity contribution in [3.63, 3.8) is 0 Å². The number of phenols is 1. The van der Waals surface area contributed by atoms with Crippen LogP contribution in [-0.4, -0.2) is 66.0 Å². The number of hydrogen-bond acceptors (Lipinski definition) is 7. The van der Waals surface area contributed by atoms with Crippen LogP contribution in [0.4, 0.5) is 0 Å². The van der Waals surface area contributed by atoms with E-state index in [1.165, 1.54) is 0 Å². The van der Waals surface area contributed by atoms with E-state index in [0.29, 0.717) is 18.7 Å². The Morgan fingerprint density at radius 2 is 1.25 bits per heavy atom. The Kier molecular flexibility index (Phi) is 10.7. The number of rotatable bonds is 9. The van der Waals surface area contributed by atoms with Gasteiger partial charge in [0.05, 0.1) is 0 Å². The van der Waals surface area contributed by atoms with Gasteiger partial charge >= 0.3 is 11.9 Å². The number of nitrogens with one attached hydrogen (secondary N) is 4. The first-order valence-electron chi connectivity index (χ1n) is 13.9. The number of phenolic OH excluding ortho intramolecular Hbond substituents is 1. The number of aliphatic carboxylic acids is 2. The summed E-state index contributed by atoms with van der Waals surface area (Å²) >= 11 is 0. The molecule has 6 aromatic rings. The van der Waals surface area contributed by atoms with Crippen molar-refractivity contribution in [3.05, 3.63) is 102 Å². The van der Waals surface area contributed by atoms with Crippen molar-refractivity contribution in [2.75, 3.05) is 6.54 Å². The lowest BCUT2D eigenvalue weighted by Gasteiger charge is -2.08. The monoisotopic (exact) mass is 600 g/mol. The van der Waals surface area contributed by atoms with Crippen LogP contribution in [-0.2, 0) is 28.9 Å². The van der Waals surface area contributed by atoms with Crippen LogP contribution in [0.5, 0.6) is 5.75 Å². The van der Waals surface area contributed by atoms with Gasteiger partial charge in [-0.3, -0.25) is 9.59 Å². The first-order chi connectivity index (χ1) is 21.2. The number of carbonyl (C=O) groups is 2. The van der Waals surface area contributed by atoms with Crippen LogP contribution in [0.15, 0.2) is 85.3 Å². The number of carboxylic acids is 2. The molecule has 44 heavy (non-hydrogen) atoms. The molecular formula is C32H36N6O6. The second-order valence-electron chi connectivity index (χ2n) is 10.2. The highest BCUT2D eigenvalue weighted by atomic mass is 16.5. The van der Waals surface area contributed by atoms with Crippen molar-refractivity contribution in [1.82, 2.24) is 20.4 Å². The summed E-state index contributed by atoms with van der Waals surface area (Å²) in [7, 11) is 0. The van der Waals surface area contributed by atoms with Crippen molar-refractivity contribution < 1.29 is 30.1 Å². The molecule has 0 fully saturated rings. The van der Waals surface area contributed by atoms with Crippen molar-refractivity contribution in [3.8, 4) is 5.75 Å². The molecule has 230 valence electrons. The molecule has 0 radical (unpaired) electrons. The van der Waals surface area contributed by atoms with Gasteiger partial charge in [0.15, 0.2) is 0 Å². The molecule has 0 saturated carbocycles. The molecule has 0 aliphatic heterocycles. The quantitative estimate of drug-likeness (QED) is 0.109. The van der Waals surface area contributed by atoms with Gasteiger partial charge in [-0.25, -0.2) is 0 Å². The Hall–Kier alpha value is -5.14. The van der Waals surface area contributed by atoms with Gasteiger partial charge in [0, 0.05) is 64.1 Å². The summed E-state index contributed by atoms with van der Waals surface area (Å²) in [4.78, 5) is 30.7. The van der Waals surface area contributed by atoms with Crippen molar-refractivity contribution >= 4 is 44.6 Å². The maximum absolute atomic E-state index is 10.8. The number of nitrogens with two attached hydrogens (primary N) is 2. The molecule has 2 atom stereocenters. The number of H-pyrrole nitrogens is 3. The van der Waals surface area contributed by atoms with Gasteiger partial charge in [-0.05, 0) is 60.0 Å². The van der Waals surface area contributed by atoms with Crippen LogP contribution in [0.2, 0.25) is 0 Å². The predicted molar refractivity (Wildman–Crippen MR) is 169 cm³/mol. The number of carboxylic acid groups (broad SMARTS) is 2. The molecule has 1 unspecified atom stereocenters. The molecule has 3 aromatic carbocycles. The lowest BCUT2D eigenvalue weighted by atomic mass is 10.1. The summed E-state index contributed by atoms with van der Waals surface area (Å²) in [6.07, 6.45) is 6.93. The molecule has 0 saturated heterocycles. The summed E-state index contributed by atoms with van der Waals surface area (Å²) in [6, 6.07) is 18.9. The average molecular weight is 601 g/mol. The van der Waals surface area contributed by atoms with E-state index in [1.54, 1.807) is 23.8 Å². The first kappa shape index (κ1) is 31.8. The third-order valence-electron chi connectivity index (χ3n) is 7.15. The number of aromatic hydroxyl groups is 1. The van der Waals surface area contributed by atoms with E-state index in [4.69, 9.17) is 26.9 Å². The molecule has 12 nitrogen and oxygen atoms in total. The summed E-state index contributed by atoms with van der Waals surface area (Å²) in [5.41, 5.74) is 18.7. The van der Waals surface area contributed by atoms with Crippen LogP contribution >= 0.6 is 0 Å². The fraction of sp³-hybridized carbons (Fsp3) is 0.188. The van der Waals surface area contributed by atoms with Crippen LogP contribution in [0.25, 0.3) is 32.7 Å². The average Bonchev–Trinajstić information content (AvgIpc) is 3.74. The van der Waals surface area contributed by atoms with E-state index >= 15 is 0 Å². The highest BCUT2D eigenvalue weighted by Gasteiger charge is 2.18. The molecular weight excluding hydrogens is 564 g/mol. The highest BCUT2D eigenvalue weighted by molar-refractivity contribution is 5.86. The second-order valence-corrected chi connectivity index (χ2v) is 10.2. The Bertz CT molecular complexity index is 1840. The largest absolute Gasteiger partial charge is 0.508 e. The third-order valence-corrected chi connectivity index (χ3v) is 7.15. The van der Waals surface area contributed by atoms with Crippen LogP contribution in [0.3, 0.4) is 0 Å². The van der Waals surface area contributed by atoms with Gasteiger partial charge in [0.1, 0.15) is 17.8 Å². The number of hydroxylamine groups is 1. The zero-order valence-electron chi connectivity index (χ0n) is 23.8. The van der Waals surface area contributed by atoms with Crippen LogP contribution < -0.4 is 16.9 Å². The summed E-state index contributed by atoms with van der Waals surface area (Å²) in [5, 5.41) is 38.6. The molecule has 0 bridgehead atoms. The van der Waals surface area contributed by atoms with E-state index in [2.05, 4.69) is 15.0 Å². The predicted octanol–water partition coefficient (Wildman–Crippen LogP) is 3.64. The summed E-state index contributed by atoms with van der Waals surface area (Å²) in [5.74, 6) is -1.75. The van der Waals surface area contributed by atoms with E-state index < -0.39 is 24.0 Å².